The first-order chi connectivity index (χ1) is 6.81. The molecule has 0 aliphatic rings. The van der Waals surface area contributed by atoms with Crippen molar-refractivity contribution in [3.8, 4) is 5.69 Å². The van der Waals surface area contributed by atoms with Crippen LogP contribution in [0.4, 0.5) is 4.39 Å². The van der Waals surface area contributed by atoms with Crippen LogP contribution in [0.5, 0.6) is 0 Å². The number of nitrogens with two attached hydrogens (primary N) is 1. The third kappa shape index (κ3) is 1.49. The van der Waals surface area contributed by atoms with Crippen LogP contribution in [-0.4, -0.2) is 14.8 Å². The SMILES string of the molecule is NCc1ncn(-c2ccccc2F)n1. The highest BCUT2D eigenvalue weighted by molar-refractivity contribution is 5.31. The van der Waals surface area contributed by atoms with Gasteiger partial charge in [-0.2, -0.15) is 0 Å². The molecule has 0 fully saturated rings. The van der Waals surface area contributed by atoms with Crippen molar-refractivity contribution in [3.63, 3.8) is 0 Å². The quantitative estimate of drug-likeness (QED) is 0.767. The molecule has 14 heavy (non-hydrogen) atoms. The van der Waals surface area contributed by atoms with Crippen LogP contribution in [0.25, 0.3) is 5.69 Å². The maximum Gasteiger partial charge on any atom is 0.164 e. The largest absolute Gasteiger partial charge is 0.324 e. The van der Waals surface area contributed by atoms with Gasteiger partial charge < -0.3 is 5.73 Å². The van der Waals surface area contributed by atoms with Crippen LogP contribution in [-0.2, 0) is 6.54 Å². The van der Waals surface area contributed by atoms with Gasteiger partial charge in [0.05, 0.1) is 6.54 Å². The Labute approximate surface area is 80.2 Å². The molecule has 2 aromatic rings. The number of nitrogens with zero attached hydrogens (tertiary/aromatic N) is 3. The molecule has 5 heteroatoms. The molecule has 4 nitrogen and oxygen atoms in total. The summed E-state index contributed by atoms with van der Waals surface area (Å²) in [6, 6.07) is 6.37. The molecule has 0 atom stereocenters. The maximum atomic E-state index is 13.3. The molecule has 0 spiro atoms. The minimum atomic E-state index is -0.332. The highest BCUT2D eigenvalue weighted by Crippen LogP contribution is 2.10. The first kappa shape index (κ1) is 8.83. The molecule has 2 N–H and O–H groups in total. The second kappa shape index (κ2) is 3.55. The van der Waals surface area contributed by atoms with E-state index in [9.17, 15) is 4.39 Å². The fraction of sp³-hybridized carbons (Fsp3) is 0.111. The molecule has 0 saturated heterocycles. The van der Waals surface area contributed by atoms with E-state index in [1.54, 1.807) is 18.2 Å². The topological polar surface area (TPSA) is 56.7 Å². The number of hydrogen-bond donors (Lipinski definition) is 1. The fourth-order valence-corrected chi connectivity index (χ4v) is 1.14. The van der Waals surface area contributed by atoms with Crippen LogP contribution in [0.1, 0.15) is 5.82 Å². The lowest BCUT2D eigenvalue weighted by Crippen LogP contribution is -2.02. The van der Waals surface area contributed by atoms with Gasteiger partial charge in [-0.25, -0.2) is 14.1 Å². The monoisotopic (exact) mass is 192 g/mol. The molecular formula is C9H9FN4. The Morgan fingerprint density at radius 3 is 2.79 bits per heavy atom. The zero-order valence-electron chi connectivity index (χ0n) is 7.39. The van der Waals surface area contributed by atoms with Gasteiger partial charge in [0.25, 0.3) is 0 Å². The first-order valence-electron chi connectivity index (χ1n) is 4.17. The summed E-state index contributed by atoms with van der Waals surface area (Å²) in [7, 11) is 0. The van der Waals surface area contributed by atoms with Gasteiger partial charge in [0.1, 0.15) is 17.8 Å². The van der Waals surface area contributed by atoms with Gasteiger partial charge in [-0.05, 0) is 12.1 Å². The van der Waals surface area contributed by atoms with E-state index in [0.717, 1.165) is 0 Å². The summed E-state index contributed by atoms with van der Waals surface area (Å²) in [6.07, 6.45) is 1.45. The van der Waals surface area contributed by atoms with Gasteiger partial charge in [0.2, 0.25) is 0 Å². The molecular weight excluding hydrogens is 183 g/mol. The van der Waals surface area contributed by atoms with Crippen LogP contribution in [0, 0.1) is 5.82 Å². The van der Waals surface area contributed by atoms with Crippen molar-refractivity contribution < 1.29 is 4.39 Å². The standard InChI is InChI=1S/C9H9FN4/c10-7-3-1-2-4-8(7)14-6-12-9(5-11)13-14/h1-4,6H,5,11H2. The molecule has 2 rings (SSSR count). The van der Waals surface area contributed by atoms with Gasteiger partial charge in [-0.1, -0.05) is 12.1 Å². The third-order valence-electron chi connectivity index (χ3n) is 1.82. The van der Waals surface area contributed by atoms with Crippen molar-refractivity contribution >= 4 is 0 Å². The maximum absolute atomic E-state index is 13.3. The van der Waals surface area contributed by atoms with E-state index in [0.29, 0.717) is 11.5 Å². The highest BCUT2D eigenvalue weighted by atomic mass is 19.1. The average molecular weight is 192 g/mol. The smallest absolute Gasteiger partial charge is 0.164 e. The van der Waals surface area contributed by atoms with Gasteiger partial charge >= 0.3 is 0 Å². The van der Waals surface area contributed by atoms with E-state index >= 15 is 0 Å². The summed E-state index contributed by atoms with van der Waals surface area (Å²) < 4.78 is 14.6. The second-order valence-corrected chi connectivity index (χ2v) is 2.76. The van der Waals surface area contributed by atoms with Crippen LogP contribution in [0.2, 0.25) is 0 Å². The Kier molecular flexibility index (Phi) is 2.24. The summed E-state index contributed by atoms with van der Waals surface area (Å²) in [5.74, 6) is 0.161. The Morgan fingerprint density at radius 2 is 2.14 bits per heavy atom. The van der Waals surface area contributed by atoms with E-state index in [2.05, 4.69) is 10.1 Å². The highest BCUT2D eigenvalue weighted by Gasteiger charge is 2.05. The van der Waals surface area contributed by atoms with E-state index in [1.807, 2.05) is 0 Å². The van der Waals surface area contributed by atoms with E-state index < -0.39 is 0 Å². The second-order valence-electron chi connectivity index (χ2n) is 2.76. The Bertz CT molecular complexity index is 438. The summed E-state index contributed by atoms with van der Waals surface area (Å²) in [4.78, 5) is 3.91. The third-order valence-corrected chi connectivity index (χ3v) is 1.82. The fourth-order valence-electron chi connectivity index (χ4n) is 1.14. The molecule has 1 aromatic carbocycles. The number of para-hydroxylation sites is 1. The molecule has 0 aliphatic heterocycles. The summed E-state index contributed by atoms with van der Waals surface area (Å²) in [5, 5.41) is 4.00. The minimum Gasteiger partial charge on any atom is -0.324 e. The number of aromatic nitrogens is 3. The lowest BCUT2D eigenvalue weighted by atomic mass is 10.3. The molecule has 72 valence electrons. The summed E-state index contributed by atoms with van der Waals surface area (Å²) >= 11 is 0. The van der Waals surface area contributed by atoms with Gasteiger partial charge in [-0.3, -0.25) is 0 Å². The van der Waals surface area contributed by atoms with Crippen molar-refractivity contribution in [2.24, 2.45) is 5.73 Å². The number of hydrogen-bond acceptors (Lipinski definition) is 3. The molecule has 0 aliphatic carbocycles. The molecule has 0 radical (unpaired) electrons. The van der Waals surface area contributed by atoms with E-state index in [-0.39, 0.29) is 12.4 Å². The molecule has 0 amide bonds. The normalized spacial score (nSPS) is 10.4. The summed E-state index contributed by atoms with van der Waals surface area (Å²) in [5.41, 5.74) is 5.72. The minimum absolute atomic E-state index is 0.251. The van der Waals surface area contributed by atoms with Crippen LogP contribution in [0.15, 0.2) is 30.6 Å². The molecule has 0 bridgehead atoms. The number of benzene rings is 1. The van der Waals surface area contributed by atoms with Crippen LogP contribution < -0.4 is 5.73 Å². The number of rotatable bonds is 2. The van der Waals surface area contributed by atoms with Crippen molar-refractivity contribution in [1.29, 1.82) is 0 Å². The number of halogens is 1. The van der Waals surface area contributed by atoms with Crippen LogP contribution in [0.3, 0.4) is 0 Å². The Morgan fingerprint density at radius 1 is 1.36 bits per heavy atom. The predicted molar refractivity (Wildman–Crippen MR) is 49.2 cm³/mol. The lowest BCUT2D eigenvalue weighted by molar-refractivity contribution is 0.609. The van der Waals surface area contributed by atoms with Gasteiger partial charge in [-0.15, -0.1) is 5.10 Å². The lowest BCUT2D eigenvalue weighted by Gasteiger charge is -2.00. The van der Waals surface area contributed by atoms with E-state index in [1.165, 1.54) is 17.1 Å². The van der Waals surface area contributed by atoms with E-state index in [4.69, 9.17) is 5.73 Å². The molecule has 0 unspecified atom stereocenters. The van der Waals surface area contributed by atoms with Crippen molar-refractivity contribution in [3.05, 3.63) is 42.2 Å². The Hall–Kier alpha value is -1.75. The predicted octanol–water partition coefficient (Wildman–Crippen LogP) is 0.865. The molecule has 1 aromatic heterocycles. The average Bonchev–Trinajstić information content (AvgIpc) is 2.67. The van der Waals surface area contributed by atoms with Crippen molar-refractivity contribution in [2.45, 2.75) is 6.54 Å². The zero-order valence-corrected chi connectivity index (χ0v) is 7.39. The van der Waals surface area contributed by atoms with Crippen LogP contribution >= 0.6 is 0 Å². The Balaban J connectivity index is 2.44. The molecule has 0 saturated carbocycles. The van der Waals surface area contributed by atoms with Crippen molar-refractivity contribution in [2.75, 3.05) is 0 Å². The molecule has 1 heterocycles. The summed E-state index contributed by atoms with van der Waals surface area (Å²) in [6.45, 7) is 0.251. The van der Waals surface area contributed by atoms with Gasteiger partial charge in [0.15, 0.2) is 5.82 Å². The first-order valence-corrected chi connectivity index (χ1v) is 4.17. The van der Waals surface area contributed by atoms with Crippen molar-refractivity contribution in [1.82, 2.24) is 14.8 Å². The van der Waals surface area contributed by atoms with Gasteiger partial charge in [0, 0.05) is 0 Å². The zero-order chi connectivity index (χ0) is 9.97.